The molecule has 0 unspecified atom stereocenters. The standard InChI is InChI=1S/C19H16N4S2/c20-17-15(11-16(25-17)14-9-5-2-6-10-14)18-21-22-19(24)23(18)12-13-7-3-1-4-8-13/h1-11H,12,20H2,(H,22,24). The molecular formula is C19H16N4S2. The number of benzene rings is 2. The molecule has 0 spiro atoms. The van der Waals surface area contributed by atoms with Gasteiger partial charge in [-0.25, -0.2) is 0 Å². The van der Waals surface area contributed by atoms with Crippen LogP contribution in [0.2, 0.25) is 0 Å². The van der Waals surface area contributed by atoms with E-state index in [1.165, 1.54) is 5.56 Å². The highest BCUT2D eigenvalue weighted by atomic mass is 32.1. The minimum atomic E-state index is 0.589. The van der Waals surface area contributed by atoms with Crippen molar-refractivity contribution in [1.82, 2.24) is 14.8 Å². The molecule has 3 N–H and O–H groups in total. The molecule has 4 nitrogen and oxygen atoms in total. The van der Waals surface area contributed by atoms with Crippen molar-refractivity contribution in [1.29, 1.82) is 0 Å². The first-order valence-electron chi connectivity index (χ1n) is 7.86. The van der Waals surface area contributed by atoms with Gasteiger partial charge >= 0.3 is 0 Å². The second-order valence-corrected chi connectivity index (χ2v) is 7.15. The Hall–Kier alpha value is -2.70. The zero-order chi connectivity index (χ0) is 17.2. The predicted molar refractivity (Wildman–Crippen MR) is 106 cm³/mol. The number of thiophene rings is 1. The molecule has 0 bridgehead atoms. The SMILES string of the molecule is Nc1sc(-c2ccccc2)cc1-c1n[nH]c(=S)n1Cc1ccccc1. The minimum absolute atomic E-state index is 0.589. The van der Waals surface area contributed by atoms with Crippen LogP contribution in [0.1, 0.15) is 5.56 Å². The quantitative estimate of drug-likeness (QED) is 0.503. The number of aromatic nitrogens is 3. The number of nitrogen functional groups attached to an aromatic ring is 1. The van der Waals surface area contributed by atoms with Crippen molar-refractivity contribution >= 4 is 28.6 Å². The van der Waals surface area contributed by atoms with E-state index in [1.54, 1.807) is 11.3 Å². The number of hydrogen-bond donors (Lipinski definition) is 2. The van der Waals surface area contributed by atoms with Crippen molar-refractivity contribution < 1.29 is 0 Å². The van der Waals surface area contributed by atoms with E-state index in [-0.39, 0.29) is 0 Å². The third kappa shape index (κ3) is 3.14. The van der Waals surface area contributed by atoms with Crippen molar-refractivity contribution in [3.63, 3.8) is 0 Å². The van der Waals surface area contributed by atoms with Crippen LogP contribution in [0.15, 0.2) is 66.7 Å². The zero-order valence-electron chi connectivity index (χ0n) is 13.3. The van der Waals surface area contributed by atoms with Gasteiger partial charge < -0.3 is 5.73 Å². The van der Waals surface area contributed by atoms with Gasteiger partial charge in [0, 0.05) is 4.88 Å². The van der Waals surface area contributed by atoms with Gasteiger partial charge in [0.2, 0.25) is 0 Å². The first kappa shape index (κ1) is 15.8. The van der Waals surface area contributed by atoms with Gasteiger partial charge in [-0.05, 0) is 29.4 Å². The van der Waals surface area contributed by atoms with Crippen molar-refractivity contribution in [2.24, 2.45) is 0 Å². The number of anilines is 1. The zero-order valence-corrected chi connectivity index (χ0v) is 15.0. The molecule has 0 fully saturated rings. The van der Waals surface area contributed by atoms with Gasteiger partial charge in [0.05, 0.1) is 17.1 Å². The first-order chi connectivity index (χ1) is 12.2. The van der Waals surface area contributed by atoms with Crippen LogP contribution in [0, 0.1) is 4.77 Å². The van der Waals surface area contributed by atoms with Crippen molar-refractivity contribution in [3.05, 3.63) is 77.1 Å². The average Bonchev–Trinajstić information content (AvgIpc) is 3.20. The molecule has 0 saturated heterocycles. The molecule has 0 aliphatic carbocycles. The molecule has 0 saturated carbocycles. The monoisotopic (exact) mass is 364 g/mol. The lowest BCUT2D eigenvalue weighted by molar-refractivity contribution is 0.791. The van der Waals surface area contributed by atoms with Gasteiger partial charge in [-0.3, -0.25) is 9.67 Å². The maximum atomic E-state index is 6.30. The molecule has 124 valence electrons. The molecule has 0 aliphatic heterocycles. The van der Waals surface area contributed by atoms with Crippen LogP contribution in [-0.4, -0.2) is 14.8 Å². The van der Waals surface area contributed by atoms with Crippen LogP contribution in [0.4, 0.5) is 5.00 Å². The van der Waals surface area contributed by atoms with Gasteiger partial charge in [-0.1, -0.05) is 60.7 Å². The van der Waals surface area contributed by atoms with Crippen LogP contribution in [0.3, 0.4) is 0 Å². The summed E-state index contributed by atoms with van der Waals surface area (Å²) < 4.78 is 2.57. The number of nitrogens with two attached hydrogens (primary N) is 1. The lowest BCUT2D eigenvalue weighted by atomic mass is 10.1. The second-order valence-electron chi connectivity index (χ2n) is 5.68. The fraction of sp³-hybridized carbons (Fsp3) is 0.0526. The first-order valence-corrected chi connectivity index (χ1v) is 9.09. The van der Waals surface area contributed by atoms with E-state index >= 15 is 0 Å². The molecule has 25 heavy (non-hydrogen) atoms. The molecule has 0 amide bonds. The van der Waals surface area contributed by atoms with E-state index in [9.17, 15) is 0 Å². The molecule has 0 atom stereocenters. The topological polar surface area (TPSA) is 59.6 Å². The summed E-state index contributed by atoms with van der Waals surface area (Å²) >= 11 is 6.99. The number of hydrogen-bond acceptors (Lipinski definition) is 4. The molecule has 2 heterocycles. The fourth-order valence-electron chi connectivity index (χ4n) is 2.76. The van der Waals surface area contributed by atoms with Gasteiger partial charge in [-0.15, -0.1) is 11.3 Å². The lowest BCUT2D eigenvalue weighted by Gasteiger charge is -2.06. The van der Waals surface area contributed by atoms with Crippen LogP contribution in [-0.2, 0) is 6.54 Å². The summed E-state index contributed by atoms with van der Waals surface area (Å²) in [4.78, 5) is 1.12. The van der Waals surface area contributed by atoms with Gasteiger partial charge in [-0.2, -0.15) is 5.10 Å². The average molecular weight is 364 g/mol. The summed E-state index contributed by atoms with van der Waals surface area (Å²) in [5.74, 6) is 0.768. The third-order valence-corrected chi connectivity index (χ3v) is 5.33. The van der Waals surface area contributed by atoms with Crippen LogP contribution >= 0.6 is 23.6 Å². The summed E-state index contributed by atoms with van der Waals surface area (Å²) in [7, 11) is 0. The highest BCUT2D eigenvalue weighted by molar-refractivity contribution is 7.71. The smallest absolute Gasteiger partial charge is 0.195 e. The van der Waals surface area contributed by atoms with E-state index in [2.05, 4.69) is 40.5 Å². The Labute approximate surface area is 154 Å². The van der Waals surface area contributed by atoms with E-state index in [1.807, 2.05) is 41.0 Å². The highest BCUT2D eigenvalue weighted by Crippen LogP contribution is 2.38. The summed E-state index contributed by atoms with van der Waals surface area (Å²) in [5.41, 5.74) is 9.52. The molecule has 2 aromatic heterocycles. The Bertz CT molecular complexity index is 1050. The third-order valence-electron chi connectivity index (χ3n) is 4.00. The summed E-state index contributed by atoms with van der Waals surface area (Å²) in [6.07, 6.45) is 0. The maximum Gasteiger partial charge on any atom is 0.195 e. The largest absolute Gasteiger partial charge is 0.390 e. The second kappa shape index (κ2) is 6.66. The van der Waals surface area contributed by atoms with Gasteiger partial charge in [0.1, 0.15) is 0 Å². The molecule has 4 rings (SSSR count). The molecule has 6 heteroatoms. The Morgan fingerprint density at radius 2 is 1.72 bits per heavy atom. The van der Waals surface area contributed by atoms with E-state index in [0.717, 1.165) is 26.8 Å². The molecule has 0 radical (unpaired) electrons. The van der Waals surface area contributed by atoms with Crippen molar-refractivity contribution in [2.45, 2.75) is 6.54 Å². The number of rotatable bonds is 4. The fourth-order valence-corrected chi connectivity index (χ4v) is 3.88. The van der Waals surface area contributed by atoms with Crippen molar-refractivity contribution in [3.8, 4) is 21.8 Å². The van der Waals surface area contributed by atoms with E-state index < -0.39 is 0 Å². The van der Waals surface area contributed by atoms with Crippen molar-refractivity contribution in [2.75, 3.05) is 5.73 Å². The highest BCUT2D eigenvalue weighted by Gasteiger charge is 2.16. The summed E-state index contributed by atoms with van der Waals surface area (Å²) in [6, 6.07) is 22.5. The van der Waals surface area contributed by atoms with Crippen LogP contribution < -0.4 is 5.73 Å². The Morgan fingerprint density at radius 3 is 2.44 bits per heavy atom. The molecule has 2 aromatic carbocycles. The Balaban J connectivity index is 1.76. The predicted octanol–water partition coefficient (Wildman–Crippen LogP) is 4.97. The van der Waals surface area contributed by atoms with Crippen LogP contribution in [0.5, 0.6) is 0 Å². The van der Waals surface area contributed by atoms with E-state index in [4.69, 9.17) is 18.0 Å². The van der Waals surface area contributed by atoms with Gasteiger partial charge in [0.15, 0.2) is 10.6 Å². The normalized spacial score (nSPS) is 10.9. The lowest BCUT2D eigenvalue weighted by Crippen LogP contribution is -2.02. The number of H-pyrrole nitrogens is 1. The van der Waals surface area contributed by atoms with E-state index in [0.29, 0.717) is 11.3 Å². The Morgan fingerprint density at radius 1 is 1.04 bits per heavy atom. The summed E-state index contributed by atoms with van der Waals surface area (Å²) in [6.45, 7) is 0.654. The number of aromatic amines is 1. The maximum absolute atomic E-state index is 6.30. The summed E-state index contributed by atoms with van der Waals surface area (Å²) in [5, 5.41) is 8.06. The minimum Gasteiger partial charge on any atom is -0.390 e. The number of nitrogens with one attached hydrogen (secondary N) is 1. The van der Waals surface area contributed by atoms with Gasteiger partial charge in [0.25, 0.3) is 0 Å². The Kier molecular flexibility index (Phi) is 4.21. The van der Waals surface area contributed by atoms with Crippen LogP contribution in [0.25, 0.3) is 21.8 Å². The molecule has 0 aliphatic rings. The molecule has 4 aromatic rings. The number of nitrogens with zero attached hydrogens (tertiary/aromatic N) is 2. The molecular weight excluding hydrogens is 348 g/mol.